The lowest BCUT2D eigenvalue weighted by molar-refractivity contribution is 0.0169. The smallest absolute Gasteiger partial charge is 0.255 e. The maximum atomic E-state index is 11.9. The summed E-state index contributed by atoms with van der Waals surface area (Å²) in [6.45, 7) is 1.22. The van der Waals surface area contributed by atoms with E-state index in [-0.39, 0.29) is 29.0 Å². The van der Waals surface area contributed by atoms with E-state index in [4.69, 9.17) is 10.5 Å². The maximum absolute atomic E-state index is 11.9. The first-order chi connectivity index (χ1) is 8.68. The maximum Gasteiger partial charge on any atom is 0.255 e. The van der Waals surface area contributed by atoms with Crippen LogP contribution in [0.3, 0.4) is 0 Å². The van der Waals surface area contributed by atoms with E-state index >= 15 is 0 Å². The van der Waals surface area contributed by atoms with Crippen LogP contribution >= 0.6 is 0 Å². The summed E-state index contributed by atoms with van der Waals surface area (Å²) in [5, 5.41) is 12.4. The third-order valence-corrected chi connectivity index (χ3v) is 3.08. The van der Waals surface area contributed by atoms with Crippen LogP contribution in [-0.4, -0.2) is 30.3 Å². The van der Waals surface area contributed by atoms with Crippen molar-refractivity contribution in [1.29, 1.82) is 0 Å². The van der Waals surface area contributed by atoms with Crippen molar-refractivity contribution in [3.05, 3.63) is 23.8 Å². The van der Waals surface area contributed by atoms with Crippen LogP contribution in [0, 0.1) is 0 Å². The summed E-state index contributed by atoms with van der Waals surface area (Å²) in [4.78, 5) is 11.9. The number of benzene rings is 1. The first-order valence-corrected chi connectivity index (χ1v) is 6.15. The molecule has 98 valence electrons. The molecule has 1 aliphatic heterocycles. The number of nitrogens with one attached hydrogen (secondary N) is 1. The van der Waals surface area contributed by atoms with Gasteiger partial charge in [0.25, 0.3) is 5.91 Å². The van der Waals surface area contributed by atoms with Crippen molar-refractivity contribution in [3.8, 4) is 5.75 Å². The molecule has 1 aromatic rings. The van der Waals surface area contributed by atoms with Gasteiger partial charge >= 0.3 is 0 Å². The van der Waals surface area contributed by atoms with Gasteiger partial charge in [-0.25, -0.2) is 0 Å². The van der Waals surface area contributed by atoms with Crippen molar-refractivity contribution in [2.45, 2.75) is 25.4 Å². The number of carbonyl (C=O) groups is 1. The lowest BCUT2D eigenvalue weighted by Gasteiger charge is -2.22. The third-order valence-electron chi connectivity index (χ3n) is 3.08. The van der Waals surface area contributed by atoms with E-state index < -0.39 is 0 Å². The number of anilines is 1. The molecule has 0 radical (unpaired) electrons. The van der Waals surface area contributed by atoms with Gasteiger partial charge in [0.2, 0.25) is 0 Å². The van der Waals surface area contributed by atoms with E-state index in [9.17, 15) is 9.90 Å². The average molecular weight is 250 g/mol. The van der Waals surface area contributed by atoms with Crippen LogP contribution in [-0.2, 0) is 4.74 Å². The number of hydrogen-bond donors (Lipinski definition) is 3. The Balaban J connectivity index is 1.93. The van der Waals surface area contributed by atoms with E-state index in [1.807, 2.05) is 0 Å². The summed E-state index contributed by atoms with van der Waals surface area (Å²) in [6, 6.07) is 4.74. The Bertz CT molecular complexity index is 428. The third kappa shape index (κ3) is 2.92. The molecule has 0 saturated carbocycles. The molecule has 2 rings (SSSR count). The Morgan fingerprint density at radius 2 is 2.33 bits per heavy atom. The number of rotatable bonds is 3. The quantitative estimate of drug-likeness (QED) is 0.557. The number of carbonyl (C=O) groups excluding carboxylic acids is 1. The number of phenols is 1. The minimum atomic E-state index is -0.325. The van der Waals surface area contributed by atoms with Gasteiger partial charge in [0, 0.05) is 13.2 Å². The Kier molecular flexibility index (Phi) is 4.04. The zero-order valence-electron chi connectivity index (χ0n) is 10.2. The zero-order chi connectivity index (χ0) is 13.0. The van der Waals surface area contributed by atoms with Crippen LogP contribution < -0.4 is 11.1 Å². The van der Waals surface area contributed by atoms with E-state index in [2.05, 4.69) is 5.32 Å². The summed E-state index contributed by atoms with van der Waals surface area (Å²) in [7, 11) is 0. The van der Waals surface area contributed by atoms with E-state index in [1.165, 1.54) is 0 Å². The Morgan fingerprint density at radius 1 is 1.50 bits per heavy atom. The van der Waals surface area contributed by atoms with Gasteiger partial charge in [0.15, 0.2) is 5.75 Å². The predicted octanol–water partition coefficient (Wildman–Crippen LogP) is 1.27. The number of ether oxygens (including phenoxy) is 1. The second-order valence-electron chi connectivity index (χ2n) is 4.44. The van der Waals surface area contributed by atoms with E-state index in [0.29, 0.717) is 6.54 Å². The molecule has 18 heavy (non-hydrogen) atoms. The number of amides is 1. The highest BCUT2D eigenvalue weighted by Crippen LogP contribution is 2.24. The fourth-order valence-electron chi connectivity index (χ4n) is 2.01. The fourth-order valence-corrected chi connectivity index (χ4v) is 2.01. The molecular formula is C13H18N2O3. The second kappa shape index (κ2) is 5.73. The minimum Gasteiger partial charge on any atom is -0.505 e. The molecule has 5 heteroatoms. The molecule has 1 heterocycles. The number of phenolic OH excluding ortho intramolecular Hbond substituents is 1. The van der Waals surface area contributed by atoms with Crippen molar-refractivity contribution in [2.75, 3.05) is 18.9 Å². The normalized spacial score (nSPS) is 19.4. The Labute approximate surface area is 106 Å². The van der Waals surface area contributed by atoms with Crippen LogP contribution in [0.15, 0.2) is 18.2 Å². The summed E-state index contributed by atoms with van der Waals surface area (Å²) in [5.41, 5.74) is 5.95. The molecule has 5 nitrogen and oxygen atoms in total. The first kappa shape index (κ1) is 12.7. The highest BCUT2D eigenvalue weighted by atomic mass is 16.5. The molecule has 0 spiro atoms. The van der Waals surface area contributed by atoms with Gasteiger partial charge in [-0.3, -0.25) is 4.79 Å². The molecule has 1 saturated heterocycles. The summed E-state index contributed by atoms with van der Waals surface area (Å²) in [5.74, 6) is -0.492. The Morgan fingerprint density at radius 3 is 3.06 bits per heavy atom. The largest absolute Gasteiger partial charge is 0.505 e. The molecular weight excluding hydrogens is 232 g/mol. The van der Waals surface area contributed by atoms with Crippen LogP contribution in [0.1, 0.15) is 29.6 Å². The monoisotopic (exact) mass is 250 g/mol. The molecule has 0 aliphatic carbocycles. The lowest BCUT2D eigenvalue weighted by Crippen LogP contribution is -2.35. The van der Waals surface area contributed by atoms with Gasteiger partial charge in [0.1, 0.15) is 0 Å². The lowest BCUT2D eigenvalue weighted by atomic mass is 10.1. The van der Waals surface area contributed by atoms with Crippen LogP contribution in [0.5, 0.6) is 5.75 Å². The van der Waals surface area contributed by atoms with E-state index in [0.717, 1.165) is 25.9 Å². The fraction of sp³-hybridized carbons (Fsp3) is 0.462. The number of para-hydroxylation sites is 1. The predicted molar refractivity (Wildman–Crippen MR) is 68.4 cm³/mol. The molecule has 1 aliphatic rings. The number of nitrogens with two attached hydrogens (primary N) is 1. The number of aromatic hydroxyl groups is 1. The van der Waals surface area contributed by atoms with E-state index in [1.54, 1.807) is 18.2 Å². The number of nitrogen functional groups attached to an aromatic ring is 1. The van der Waals surface area contributed by atoms with Crippen LogP contribution in [0.25, 0.3) is 0 Å². The molecule has 0 bridgehead atoms. The molecule has 1 amide bonds. The van der Waals surface area contributed by atoms with Gasteiger partial charge in [-0.15, -0.1) is 0 Å². The summed E-state index contributed by atoms with van der Waals surface area (Å²) in [6.07, 6.45) is 3.25. The summed E-state index contributed by atoms with van der Waals surface area (Å²) < 4.78 is 5.52. The van der Waals surface area contributed by atoms with Crippen LogP contribution in [0.4, 0.5) is 5.69 Å². The molecule has 4 N–H and O–H groups in total. The molecule has 1 atom stereocenters. The SMILES string of the molecule is Nc1cccc(C(=O)NCC2CCCCO2)c1O. The van der Waals surface area contributed by atoms with Crippen molar-refractivity contribution in [1.82, 2.24) is 5.32 Å². The van der Waals surface area contributed by atoms with Gasteiger partial charge in [0.05, 0.1) is 17.4 Å². The molecule has 0 aromatic heterocycles. The van der Waals surface area contributed by atoms with Crippen molar-refractivity contribution >= 4 is 11.6 Å². The minimum absolute atomic E-state index is 0.0749. The highest BCUT2D eigenvalue weighted by molar-refractivity contribution is 5.98. The highest BCUT2D eigenvalue weighted by Gasteiger charge is 2.17. The Hall–Kier alpha value is -1.75. The second-order valence-corrected chi connectivity index (χ2v) is 4.44. The number of hydrogen-bond acceptors (Lipinski definition) is 4. The molecule has 1 fully saturated rings. The molecule has 1 unspecified atom stereocenters. The van der Waals surface area contributed by atoms with Gasteiger partial charge < -0.3 is 20.9 Å². The van der Waals surface area contributed by atoms with Crippen molar-refractivity contribution < 1.29 is 14.6 Å². The topological polar surface area (TPSA) is 84.6 Å². The average Bonchev–Trinajstić information content (AvgIpc) is 2.40. The molecule has 1 aromatic carbocycles. The van der Waals surface area contributed by atoms with Gasteiger partial charge in [-0.05, 0) is 31.4 Å². The first-order valence-electron chi connectivity index (χ1n) is 6.15. The van der Waals surface area contributed by atoms with Gasteiger partial charge in [-0.1, -0.05) is 6.07 Å². The standard InChI is InChI=1S/C13H18N2O3/c14-11-6-3-5-10(12(11)16)13(17)15-8-9-4-1-2-7-18-9/h3,5-6,9,16H,1-2,4,7-8,14H2,(H,15,17). The van der Waals surface area contributed by atoms with Crippen molar-refractivity contribution in [2.24, 2.45) is 0 Å². The van der Waals surface area contributed by atoms with Crippen LogP contribution in [0.2, 0.25) is 0 Å². The summed E-state index contributed by atoms with van der Waals surface area (Å²) >= 11 is 0. The zero-order valence-corrected chi connectivity index (χ0v) is 10.2. The van der Waals surface area contributed by atoms with Crippen molar-refractivity contribution in [3.63, 3.8) is 0 Å². The van der Waals surface area contributed by atoms with Gasteiger partial charge in [-0.2, -0.15) is 0 Å².